The van der Waals surface area contributed by atoms with Gasteiger partial charge in [0.15, 0.2) is 0 Å². The molecule has 0 saturated heterocycles. The molecular formula is C15H19ClN2O3. The smallest absolute Gasteiger partial charge is 0.282 e. The Morgan fingerprint density at radius 3 is 2.67 bits per heavy atom. The van der Waals surface area contributed by atoms with Gasteiger partial charge in [0, 0.05) is 24.2 Å². The van der Waals surface area contributed by atoms with Crippen molar-refractivity contribution in [2.24, 2.45) is 5.92 Å². The number of nitrogens with zero attached hydrogens (tertiary/aromatic N) is 2. The van der Waals surface area contributed by atoms with Crippen LogP contribution >= 0.6 is 11.6 Å². The Labute approximate surface area is 129 Å². The van der Waals surface area contributed by atoms with Gasteiger partial charge in [-0.25, -0.2) is 0 Å². The lowest BCUT2D eigenvalue weighted by Crippen LogP contribution is -2.42. The minimum atomic E-state index is -0.540. The standard InChI is InChI=1S/C15H19ClN2O3/c1-10-5-3-4-6-13(10)17(2)15(19)12-9-11(16)7-8-14(12)18(20)21/h7-10,13H,3-6H2,1-2H3. The van der Waals surface area contributed by atoms with Crippen LogP contribution in [0.3, 0.4) is 0 Å². The van der Waals surface area contributed by atoms with Gasteiger partial charge in [-0.3, -0.25) is 14.9 Å². The lowest BCUT2D eigenvalue weighted by Gasteiger charge is -2.36. The molecule has 0 spiro atoms. The van der Waals surface area contributed by atoms with Crippen LogP contribution < -0.4 is 0 Å². The first kappa shape index (κ1) is 15.8. The minimum absolute atomic E-state index is 0.0628. The summed E-state index contributed by atoms with van der Waals surface area (Å²) in [6.07, 6.45) is 4.29. The maximum atomic E-state index is 12.6. The van der Waals surface area contributed by atoms with Crippen molar-refractivity contribution in [3.63, 3.8) is 0 Å². The SMILES string of the molecule is CC1CCCCC1N(C)C(=O)c1cc(Cl)ccc1[N+](=O)[O-]. The molecule has 2 unspecified atom stereocenters. The number of carbonyl (C=O) groups excluding carboxylic acids is 1. The van der Waals surface area contributed by atoms with E-state index in [9.17, 15) is 14.9 Å². The molecule has 1 aromatic rings. The lowest BCUT2D eigenvalue weighted by molar-refractivity contribution is -0.385. The zero-order valence-electron chi connectivity index (χ0n) is 12.2. The molecule has 0 bridgehead atoms. The van der Waals surface area contributed by atoms with Gasteiger partial charge in [-0.1, -0.05) is 31.4 Å². The van der Waals surface area contributed by atoms with Crippen molar-refractivity contribution in [1.82, 2.24) is 4.90 Å². The molecule has 1 amide bonds. The van der Waals surface area contributed by atoms with E-state index in [1.165, 1.54) is 24.6 Å². The molecule has 2 atom stereocenters. The molecular weight excluding hydrogens is 292 g/mol. The molecule has 0 aliphatic heterocycles. The maximum Gasteiger partial charge on any atom is 0.282 e. The first-order valence-electron chi connectivity index (χ1n) is 7.13. The van der Waals surface area contributed by atoms with E-state index in [-0.39, 0.29) is 23.2 Å². The van der Waals surface area contributed by atoms with Crippen molar-refractivity contribution in [2.75, 3.05) is 7.05 Å². The third-order valence-corrected chi connectivity index (χ3v) is 4.50. The van der Waals surface area contributed by atoms with Crippen molar-refractivity contribution >= 4 is 23.2 Å². The van der Waals surface area contributed by atoms with Crippen LogP contribution in [0.5, 0.6) is 0 Å². The van der Waals surface area contributed by atoms with Gasteiger partial charge in [0.2, 0.25) is 0 Å². The fourth-order valence-electron chi connectivity index (χ4n) is 3.05. The van der Waals surface area contributed by atoms with Crippen LogP contribution in [-0.4, -0.2) is 28.8 Å². The number of halogens is 1. The maximum absolute atomic E-state index is 12.6. The van der Waals surface area contributed by atoms with E-state index in [0.29, 0.717) is 10.9 Å². The molecule has 0 heterocycles. The fourth-order valence-corrected chi connectivity index (χ4v) is 3.22. The average Bonchev–Trinajstić information content (AvgIpc) is 2.45. The first-order valence-corrected chi connectivity index (χ1v) is 7.50. The highest BCUT2D eigenvalue weighted by Crippen LogP contribution is 2.30. The summed E-state index contributed by atoms with van der Waals surface area (Å²) in [4.78, 5) is 24.8. The van der Waals surface area contributed by atoms with Crippen molar-refractivity contribution in [1.29, 1.82) is 0 Å². The minimum Gasteiger partial charge on any atom is -0.338 e. The van der Waals surface area contributed by atoms with Gasteiger partial charge in [-0.2, -0.15) is 0 Å². The number of nitro groups is 1. The Balaban J connectivity index is 2.30. The Bertz CT molecular complexity index is 562. The third kappa shape index (κ3) is 3.35. The summed E-state index contributed by atoms with van der Waals surface area (Å²) in [6, 6.07) is 4.23. The quantitative estimate of drug-likeness (QED) is 0.628. The molecule has 2 rings (SSSR count). The second kappa shape index (κ2) is 6.43. The summed E-state index contributed by atoms with van der Waals surface area (Å²) in [5, 5.41) is 11.4. The van der Waals surface area contributed by atoms with Crippen LogP contribution in [0.25, 0.3) is 0 Å². The number of benzene rings is 1. The highest BCUT2D eigenvalue weighted by atomic mass is 35.5. The summed E-state index contributed by atoms with van der Waals surface area (Å²) in [5.74, 6) is 0.0777. The first-order chi connectivity index (χ1) is 9.91. The van der Waals surface area contributed by atoms with E-state index in [1.807, 2.05) is 0 Å². The van der Waals surface area contributed by atoms with Crippen LogP contribution in [0, 0.1) is 16.0 Å². The van der Waals surface area contributed by atoms with Crippen molar-refractivity contribution in [3.05, 3.63) is 38.9 Å². The number of carbonyl (C=O) groups is 1. The van der Waals surface area contributed by atoms with Crippen LogP contribution in [-0.2, 0) is 0 Å². The van der Waals surface area contributed by atoms with E-state index >= 15 is 0 Å². The second-order valence-electron chi connectivity index (χ2n) is 5.66. The zero-order valence-corrected chi connectivity index (χ0v) is 13.0. The number of nitro benzene ring substituents is 1. The largest absolute Gasteiger partial charge is 0.338 e. The molecule has 1 aromatic carbocycles. The monoisotopic (exact) mass is 310 g/mol. The highest BCUT2D eigenvalue weighted by Gasteiger charge is 2.31. The van der Waals surface area contributed by atoms with Gasteiger partial charge >= 0.3 is 0 Å². The molecule has 1 saturated carbocycles. The Kier molecular flexibility index (Phi) is 4.83. The second-order valence-corrected chi connectivity index (χ2v) is 6.10. The molecule has 1 fully saturated rings. The molecule has 21 heavy (non-hydrogen) atoms. The summed E-state index contributed by atoms with van der Waals surface area (Å²) < 4.78 is 0. The predicted octanol–water partition coefficient (Wildman–Crippen LogP) is 3.90. The number of amides is 1. The number of rotatable bonds is 3. The van der Waals surface area contributed by atoms with E-state index in [4.69, 9.17) is 11.6 Å². The summed E-state index contributed by atoms with van der Waals surface area (Å²) in [7, 11) is 1.72. The Morgan fingerprint density at radius 2 is 2.05 bits per heavy atom. The summed E-state index contributed by atoms with van der Waals surface area (Å²) >= 11 is 5.89. The average molecular weight is 311 g/mol. The van der Waals surface area contributed by atoms with E-state index in [1.54, 1.807) is 11.9 Å². The predicted molar refractivity (Wildman–Crippen MR) is 81.6 cm³/mol. The van der Waals surface area contributed by atoms with Crippen LogP contribution in [0.4, 0.5) is 5.69 Å². The molecule has 5 nitrogen and oxygen atoms in total. The van der Waals surface area contributed by atoms with Crippen LogP contribution in [0.2, 0.25) is 5.02 Å². The van der Waals surface area contributed by atoms with Gasteiger partial charge in [0.05, 0.1) is 4.92 Å². The van der Waals surface area contributed by atoms with E-state index < -0.39 is 4.92 Å². The third-order valence-electron chi connectivity index (χ3n) is 4.27. The van der Waals surface area contributed by atoms with Gasteiger partial charge in [0.25, 0.3) is 11.6 Å². The summed E-state index contributed by atoms with van der Waals surface area (Å²) in [5.41, 5.74) is -0.132. The van der Waals surface area contributed by atoms with Gasteiger partial charge in [-0.05, 0) is 30.9 Å². The molecule has 6 heteroatoms. The Hall–Kier alpha value is -1.62. The molecule has 0 aromatic heterocycles. The van der Waals surface area contributed by atoms with Crippen LogP contribution in [0.1, 0.15) is 43.0 Å². The van der Waals surface area contributed by atoms with E-state index in [2.05, 4.69) is 6.92 Å². The molecule has 114 valence electrons. The molecule has 1 aliphatic rings. The van der Waals surface area contributed by atoms with Crippen molar-refractivity contribution in [3.8, 4) is 0 Å². The lowest BCUT2D eigenvalue weighted by atomic mass is 9.85. The Morgan fingerprint density at radius 1 is 1.38 bits per heavy atom. The number of hydrogen-bond donors (Lipinski definition) is 0. The van der Waals surface area contributed by atoms with Gasteiger partial charge < -0.3 is 4.90 Å². The fraction of sp³-hybridized carbons (Fsp3) is 0.533. The van der Waals surface area contributed by atoms with Crippen molar-refractivity contribution in [2.45, 2.75) is 38.6 Å². The van der Waals surface area contributed by atoms with Gasteiger partial charge in [-0.15, -0.1) is 0 Å². The normalized spacial score (nSPS) is 21.9. The molecule has 1 aliphatic carbocycles. The topological polar surface area (TPSA) is 63.5 Å². The molecule has 0 radical (unpaired) electrons. The number of hydrogen-bond acceptors (Lipinski definition) is 3. The van der Waals surface area contributed by atoms with Crippen molar-refractivity contribution < 1.29 is 9.72 Å². The molecule has 0 N–H and O–H groups in total. The highest BCUT2D eigenvalue weighted by molar-refractivity contribution is 6.31. The zero-order chi connectivity index (χ0) is 15.6. The van der Waals surface area contributed by atoms with Gasteiger partial charge in [0.1, 0.15) is 5.56 Å². The van der Waals surface area contributed by atoms with Crippen LogP contribution in [0.15, 0.2) is 18.2 Å². The van der Waals surface area contributed by atoms with E-state index in [0.717, 1.165) is 19.3 Å². The summed E-state index contributed by atoms with van der Waals surface area (Å²) in [6.45, 7) is 2.12.